The lowest BCUT2D eigenvalue weighted by Gasteiger charge is -2.25. The number of thioether (sulfide) groups is 2. The second-order valence-electron chi connectivity index (χ2n) is 7.05. The molecule has 0 aromatic heterocycles. The molecule has 2 atom stereocenters. The summed E-state index contributed by atoms with van der Waals surface area (Å²) in [6, 6.07) is 20.4. The molecule has 25 heavy (non-hydrogen) atoms. The maximum Gasteiger partial charge on any atom is 0.0515 e. The average Bonchev–Trinajstić information content (AvgIpc) is 2.97. The van der Waals surface area contributed by atoms with Gasteiger partial charge in [-0.15, -0.1) is 23.5 Å². The van der Waals surface area contributed by atoms with Crippen molar-refractivity contribution < 1.29 is 0 Å². The van der Waals surface area contributed by atoms with Gasteiger partial charge < -0.3 is 0 Å². The van der Waals surface area contributed by atoms with E-state index in [2.05, 4.69) is 68.1 Å². The van der Waals surface area contributed by atoms with Crippen LogP contribution >= 0.6 is 23.5 Å². The molecular weight excluding hydrogens is 340 g/mol. The van der Waals surface area contributed by atoms with Crippen molar-refractivity contribution in [2.24, 2.45) is 0 Å². The molecule has 0 spiro atoms. The van der Waals surface area contributed by atoms with E-state index in [1.807, 2.05) is 23.5 Å². The Morgan fingerprint density at radius 1 is 0.920 bits per heavy atom. The molecule has 0 bridgehead atoms. The third-order valence-corrected chi connectivity index (χ3v) is 8.48. The Balaban J connectivity index is 1.67. The van der Waals surface area contributed by atoms with Gasteiger partial charge in [0.15, 0.2) is 0 Å². The van der Waals surface area contributed by atoms with Crippen molar-refractivity contribution in [2.45, 2.75) is 40.1 Å². The minimum Gasteiger partial charge on any atom is -0.116 e. The molecule has 3 aromatic carbocycles. The van der Waals surface area contributed by atoms with Gasteiger partial charge in [0, 0.05) is 15.0 Å². The van der Waals surface area contributed by atoms with Crippen molar-refractivity contribution >= 4 is 34.3 Å². The SMILES string of the molecule is C=C1CCc2ccccc2SC2c3ccc4cc(C)ccc4c3SC12. The topological polar surface area (TPSA) is 0 Å². The van der Waals surface area contributed by atoms with Crippen molar-refractivity contribution in [3.63, 3.8) is 0 Å². The molecule has 2 aliphatic heterocycles. The minimum absolute atomic E-state index is 0.472. The first-order valence-corrected chi connectivity index (χ1v) is 10.6. The Labute approximate surface area is 157 Å². The van der Waals surface area contributed by atoms with Gasteiger partial charge >= 0.3 is 0 Å². The number of hydrogen-bond acceptors (Lipinski definition) is 2. The highest BCUT2D eigenvalue weighted by Gasteiger charge is 2.37. The molecule has 0 amide bonds. The summed E-state index contributed by atoms with van der Waals surface area (Å²) >= 11 is 4.08. The second-order valence-corrected chi connectivity index (χ2v) is 9.39. The van der Waals surface area contributed by atoms with Crippen molar-refractivity contribution in [3.8, 4) is 0 Å². The van der Waals surface area contributed by atoms with Gasteiger partial charge in [-0.05, 0) is 47.7 Å². The van der Waals surface area contributed by atoms with Crippen LogP contribution in [0.25, 0.3) is 10.8 Å². The summed E-state index contributed by atoms with van der Waals surface area (Å²) in [6.07, 6.45) is 2.21. The monoisotopic (exact) mass is 360 g/mol. The van der Waals surface area contributed by atoms with Gasteiger partial charge in [0.25, 0.3) is 0 Å². The van der Waals surface area contributed by atoms with Gasteiger partial charge in [-0.25, -0.2) is 0 Å². The average molecular weight is 361 g/mol. The first-order valence-electron chi connectivity index (χ1n) is 8.83. The molecule has 0 N–H and O–H groups in total. The Bertz CT molecular complexity index is 1000. The maximum absolute atomic E-state index is 4.47. The van der Waals surface area contributed by atoms with Gasteiger partial charge in [-0.3, -0.25) is 0 Å². The highest BCUT2D eigenvalue weighted by atomic mass is 32.2. The van der Waals surface area contributed by atoms with E-state index in [1.165, 1.54) is 42.8 Å². The molecule has 0 saturated carbocycles. The quantitative estimate of drug-likeness (QED) is 0.397. The van der Waals surface area contributed by atoms with E-state index in [4.69, 9.17) is 0 Å². The van der Waals surface area contributed by atoms with Crippen LogP contribution in [0.1, 0.15) is 28.4 Å². The fourth-order valence-corrected chi connectivity index (χ4v) is 7.22. The van der Waals surface area contributed by atoms with Crippen molar-refractivity contribution in [3.05, 3.63) is 83.4 Å². The maximum atomic E-state index is 4.47. The van der Waals surface area contributed by atoms with E-state index >= 15 is 0 Å². The van der Waals surface area contributed by atoms with E-state index in [-0.39, 0.29) is 0 Å². The molecule has 2 heteroatoms. The lowest BCUT2D eigenvalue weighted by Crippen LogP contribution is -2.13. The second kappa shape index (κ2) is 5.96. The van der Waals surface area contributed by atoms with Gasteiger partial charge in [-0.1, -0.05) is 66.2 Å². The fraction of sp³-hybridized carbons (Fsp3) is 0.217. The van der Waals surface area contributed by atoms with E-state index < -0.39 is 0 Å². The zero-order valence-corrected chi connectivity index (χ0v) is 15.9. The van der Waals surface area contributed by atoms with Crippen LogP contribution in [0.3, 0.4) is 0 Å². The standard InChI is InChI=1S/C23H20S2/c1-14-7-11-18-17(13-14)10-12-19-22(18)25-21-15(2)8-9-16-5-3-4-6-20(16)24-23(19)21/h3-7,10-13,21,23H,2,8-9H2,1H3. The summed E-state index contributed by atoms with van der Waals surface area (Å²) < 4.78 is 0. The zero-order chi connectivity index (χ0) is 17.0. The summed E-state index contributed by atoms with van der Waals surface area (Å²) in [5.74, 6) is 0. The summed E-state index contributed by atoms with van der Waals surface area (Å²) in [5.41, 5.74) is 5.69. The first-order chi connectivity index (χ1) is 12.2. The fourth-order valence-electron chi connectivity index (χ4n) is 3.97. The third-order valence-electron chi connectivity index (χ3n) is 5.33. The smallest absolute Gasteiger partial charge is 0.0515 e. The zero-order valence-electron chi connectivity index (χ0n) is 14.3. The van der Waals surface area contributed by atoms with Crippen LogP contribution in [-0.2, 0) is 6.42 Å². The molecule has 3 aromatic rings. The number of fused-ring (bicyclic) bond motifs is 6. The van der Waals surface area contributed by atoms with Crippen molar-refractivity contribution in [1.82, 2.24) is 0 Å². The van der Waals surface area contributed by atoms with Crippen LogP contribution in [0.4, 0.5) is 0 Å². The van der Waals surface area contributed by atoms with E-state index in [0.717, 1.165) is 12.8 Å². The first kappa shape index (κ1) is 15.6. The molecular formula is C23H20S2. The van der Waals surface area contributed by atoms with Gasteiger partial charge in [0.05, 0.1) is 5.25 Å². The molecule has 2 heterocycles. The molecule has 2 aliphatic rings. The number of hydrogen-bond donors (Lipinski definition) is 0. The van der Waals surface area contributed by atoms with Crippen molar-refractivity contribution in [1.29, 1.82) is 0 Å². The van der Waals surface area contributed by atoms with Crippen molar-refractivity contribution in [2.75, 3.05) is 0 Å². The Kier molecular flexibility index (Phi) is 3.72. The molecule has 124 valence electrons. The molecule has 0 nitrogen and oxygen atoms in total. The highest BCUT2D eigenvalue weighted by molar-refractivity contribution is 8.04. The van der Waals surface area contributed by atoms with Gasteiger partial charge in [0.2, 0.25) is 0 Å². The predicted molar refractivity (Wildman–Crippen MR) is 111 cm³/mol. The van der Waals surface area contributed by atoms with Crippen LogP contribution in [0.2, 0.25) is 0 Å². The highest BCUT2D eigenvalue weighted by Crippen LogP contribution is 2.58. The lowest BCUT2D eigenvalue weighted by molar-refractivity contribution is 0.826. The summed E-state index contributed by atoms with van der Waals surface area (Å²) in [6.45, 7) is 6.64. The Hall–Kier alpha value is -1.64. The molecule has 0 fully saturated rings. The molecule has 5 rings (SSSR count). The largest absolute Gasteiger partial charge is 0.116 e. The number of rotatable bonds is 0. The van der Waals surface area contributed by atoms with Gasteiger partial charge in [-0.2, -0.15) is 0 Å². The minimum atomic E-state index is 0.472. The summed E-state index contributed by atoms with van der Waals surface area (Å²) in [4.78, 5) is 2.92. The molecule has 0 saturated heterocycles. The lowest BCUT2D eigenvalue weighted by atomic mass is 9.97. The Morgan fingerprint density at radius 2 is 1.80 bits per heavy atom. The molecule has 0 aliphatic carbocycles. The Morgan fingerprint density at radius 3 is 2.72 bits per heavy atom. The van der Waals surface area contributed by atoms with Crippen LogP contribution in [-0.4, -0.2) is 5.25 Å². The normalized spacial score (nSPS) is 22.0. The predicted octanol–water partition coefficient (Wildman–Crippen LogP) is 6.96. The van der Waals surface area contributed by atoms with E-state index in [0.29, 0.717) is 10.5 Å². The van der Waals surface area contributed by atoms with Crippen LogP contribution in [0, 0.1) is 6.92 Å². The van der Waals surface area contributed by atoms with Gasteiger partial charge in [0.1, 0.15) is 0 Å². The van der Waals surface area contributed by atoms with Crippen LogP contribution in [0.5, 0.6) is 0 Å². The van der Waals surface area contributed by atoms with Crippen LogP contribution < -0.4 is 0 Å². The third kappa shape index (κ3) is 2.54. The van der Waals surface area contributed by atoms with E-state index in [1.54, 1.807) is 0 Å². The number of benzene rings is 3. The number of aryl methyl sites for hydroxylation is 2. The van der Waals surface area contributed by atoms with E-state index in [9.17, 15) is 0 Å². The van der Waals surface area contributed by atoms with Crippen LogP contribution in [0.15, 0.2) is 76.5 Å². The summed E-state index contributed by atoms with van der Waals surface area (Å²) in [5, 5.41) is 3.72. The molecule has 0 radical (unpaired) electrons. The molecule has 2 unspecified atom stereocenters. The summed E-state index contributed by atoms with van der Waals surface area (Å²) in [7, 11) is 0.